The van der Waals surface area contributed by atoms with Crippen LogP contribution in [0.5, 0.6) is 5.75 Å². The number of carbonyl (C=O) groups is 2. The maximum absolute atomic E-state index is 14.6. The smallest absolute Gasteiger partial charge is 0.234 e. The van der Waals surface area contributed by atoms with Crippen LogP contribution in [0.1, 0.15) is 28.4 Å². The standard InChI is InChI=1S/C22H25FN2O3/c1-13-7-16-9-17(11-24-21(27)12-25(3)4)28-22(16)19(8-13)18-10-15(14(2)26)5-6-20(18)23/h5-8,10,17H,9,11-12H2,1-4H3,(H,24,27). The fraction of sp³-hybridized carbons (Fsp3) is 0.364. The third-order valence-corrected chi connectivity index (χ3v) is 4.69. The first-order valence-corrected chi connectivity index (χ1v) is 9.27. The predicted molar refractivity (Wildman–Crippen MR) is 106 cm³/mol. The first-order chi connectivity index (χ1) is 13.2. The van der Waals surface area contributed by atoms with E-state index in [4.69, 9.17) is 4.74 Å². The van der Waals surface area contributed by atoms with Crippen LogP contribution < -0.4 is 10.1 Å². The number of halogens is 1. The quantitative estimate of drug-likeness (QED) is 0.778. The number of fused-ring (bicyclic) bond motifs is 1. The summed E-state index contributed by atoms with van der Waals surface area (Å²) in [6, 6.07) is 8.26. The average Bonchev–Trinajstić information content (AvgIpc) is 3.01. The zero-order chi connectivity index (χ0) is 20.4. The molecule has 0 aromatic heterocycles. The van der Waals surface area contributed by atoms with Gasteiger partial charge in [-0.05, 0) is 63.3 Å². The zero-order valence-corrected chi connectivity index (χ0v) is 16.6. The fourth-order valence-electron chi connectivity index (χ4n) is 3.43. The fourth-order valence-corrected chi connectivity index (χ4v) is 3.43. The number of likely N-dealkylation sites (N-methyl/N-ethyl adjacent to an activating group) is 1. The topological polar surface area (TPSA) is 58.6 Å². The molecule has 1 aliphatic heterocycles. The van der Waals surface area contributed by atoms with Crippen molar-refractivity contribution in [3.63, 3.8) is 0 Å². The van der Waals surface area contributed by atoms with Gasteiger partial charge in [-0.2, -0.15) is 0 Å². The van der Waals surface area contributed by atoms with E-state index in [1.54, 1.807) is 11.0 Å². The molecule has 1 unspecified atom stereocenters. The van der Waals surface area contributed by atoms with Crippen LogP contribution in [-0.2, 0) is 11.2 Å². The number of aryl methyl sites for hydroxylation is 1. The van der Waals surface area contributed by atoms with Crippen LogP contribution in [0, 0.1) is 12.7 Å². The number of benzene rings is 2. The summed E-state index contributed by atoms with van der Waals surface area (Å²) < 4.78 is 20.6. The molecule has 1 amide bonds. The predicted octanol–water partition coefficient (Wildman–Crippen LogP) is 2.99. The highest BCUT2D eigenvalue weighted by Crippen LogP contribution is 2.41. The number of ketones is 1. The third kappa shape index (κ3) is 4.39. The molecule has 0 spiro atoms. The monoisotopic (exact) mass is 384 g/mol. The molecule has 28 heavy (non-hydrogen) atoms. The molecule has 5 nitrogen and oxygen atoms in total. The number of rotatable bonds is 6. The van der Waals surface area contributed by atoms with Crippen LogP contribution >= 0.6 is 0 Å². The lowest BCUT2D eigenvalue weighted by Crippen LogP contribution is -2.39. The van der Waals surface area contributed by atoms with E-state index in [-0.39, 0.29) is 17.8 Å². The molecule has 6 heteroatoms. The van der Waals surface area contributed by atoms with Gasteiger partial charge < -0.3 is 15.0 Å². The molecule has 0 bridgehead atoms. The normalized spacial score (nSPS) is 15.3. The molecule has 2 aromatic carbocycles. The van der Waals surface area contributed by atoms with E-state index >= 15 is 0 Å². The maximum atomic E-state index is 14.6. The number of ether oxygens (including phenoxy) is 1. The van der Waals surface area contributed by atoms with Gasteiger partial charge in [0.05, 0.1) is 13.1 Å². The van der Waals surface area contributed by atoms with Crippen LogP contribution in [0.15, 0.2) is 30.3 Å². The van der Waals surface area contributed by atoms with Gasteiger partial charge in [-0.1, -0.05) is 6.07 Å². The van der Waals surface area contributed by atoms with E-state index in [1.165, 1.54) is 19.1 Å². The van der Waals surface area contributed by atoms with Crippen molar-refractivity contribution in [2.45, 2.75) is 26.4 Å². The summed E-state index contributed by atoms with van der Waals surface area (Å²) in [7, 11) is 3.67. The SMILES string of the molecule is CC(=O)c1ccc(F)c(-c2cc(C)cc3c2OC(CNC(=O)CN(C)C)C3)c1. The van der Waals surface area contributed by atoms with Gasteiger partial charge in [0, 0.05) is 23.1 Å². The van der Waals surface area contributed by atoms with Crippen molar-refractivity contribution in [1.82, 2.24) is 10.2 Å². The van der Waals surface area contributed by atoms with Gasteiger partial charge >= 0.3 is 0 Å². The molecule has 148 valence electrons. The molecular formula is C22H25FN2O3. The maximum Gasteiger partial charge on any atom is 0.234 e. The molecule has 0 fully saturated rings. The van der Waals surface area contributed by atoms with Crippen molar-refractivity contribution in [3.8, 4) is 16.9 Å². The Balaban J connectivity index is 1.86. The number of nitrogens with zero attached hydrogens (tertiary/aromatic N) is 1. The molecule has 1 atom stereocenters. The third-order valence-electron chi connectivity index (χ3n) is 4.69. The van der Waals surface area contributed by atoms with E-state index in [1.807, 2.05) is 33.2 Å². The van der Waals surface area contributed by atoms with Gasteiger partial charge in [-0.25, -0.2) is 4.39 Å². The van der Waals surface area contributed by atoms with E-state index in [0.29, 0.717) is 42.0 Å². The number of carbonyl (C=O) groups excluding carboxylic acids is 2. The van der Waals surface area contributed by atoms with Gasteiger partial charge in [-0.15, -0.1) is 0 Å². The number of nitrogens with one attached hydrogen (secondary N) is 1. The lowest BCUT2D eigenvalue weighted by atomic mass is 9.95. The summed E-state index contributed by atoms with van der Waals surface area (Å²) in [5.41, 5.74) is 3.41. The zero-order valence-electron chi connectivity index (χ0n) is 16.6. The molecular weight excluding hydrogens is 359 g/mol. The van der Waals surface area contributed by atoms with E-state index in [2.05, 4.69) is 5.32 Å². The number of hydrogen-bond donors (Lipinski definition) is 1. The van der Waals surface area contributed by atoms with Crippen LogP contribution in [0.25, 0.3) is 11.1 Å². The first kappa shape index (κ1) is 20.0. The summed E-state index contributed by atoms with van der Waals surface area (Å²) in [5, 5.41) is 2.88. The van der Waals surface area contributed by atoms with Crippen molar-refractivity contribution in [2.75, 3.05) is 27.2 Å². The Morgan fingerprint density at radius 2 is 1.96 bits per heavy atom. The van der Waals surface area contributed by atoms with Gasteiger partial charge in [-0.3, -0.25) is 9.59 Å². The van der Waals surface area contributed by atoms with E-state index < -0.39 is 5.82 Å². The Hall–Kier alpha value is -2.73. The molecule has 2 aromatic rings. The van der Waals surface area contributed by atoms with Crippen LogP contribution in [0.3, 0.4) is 0 Å². The van der Waals surface area contributed by atoms with Gasteiger partial charge in [0.25, 0.3) is 0 Å². The molecule has 3 rings (SSSR count). The lowest BCUT2D eigenvalue weighted by molar-refractivity contribution is -0.122. The highest BCUT2D eigenvalue weighted by Gasteiger charge is 2.28. The van der Waals surface area contributed by atoms with Crippen molar-refractivity contribution in [3.05, 3.63) is 52.8 Å². The van der Waals surface area contributed by atoms with Crippen LogP contribution in [-0.4, -0.2) is 49.9 Å². The Morgan fingerprint density at radius 1 is 1.21 bits per heavy atom. The summed E-state index contributed by atoms with van der Waals surface area (Å²) in [6.45, 7) is 4.10. The number of amides is 1. The summed E-state index contributed by atoms with van der Waals surface area (Å²) in [5.74, 6) is 0.0373. The van der Waals surface area contributed by atoms with Crippen molar-refractivity contribution < 1.29 is 18.7 Å². The molecule has 0 saturated heterocycles. The Labute approximate surface area is 164 Å². The lowest BCUT2D eigenvalue weighted by Gasteiger charge is -2.15. The highest BCUT2D eigenvalue weighted by molar-refractivity contribution is 5.95. The average molecular weight is 384 g/mol. The molecule has 0 saturated carbocycles. The first-order valence-electron chi connectivity index (χ1n) is 9.27. The summed E-state index contributed by atoms with van der Waals surface area (Å²) in [6.07, 6.45) is 0.431. The van der Waals surface area contributed by atoms with Crippen molar-refractivity contribution in [1.29, 1.82) is 0 Å². The second kappa shape index (κ2) is 8.10. The summed E-state index contributed by atoms with van der Waals surface area (Å²) in [4.78, 5) is 25.4. The second-order valence-electron chi connectivity index (χ2n) is 7.54. The highest BCUT2D eigenvalue weighted by atomic mass is 19.1. The molecule has 0 radical (unpaired) electrons. The molecule has 0 aliphatic carbocycles. The Morgan fingerprint density at radius 3 is 2.64 bits per heavy atom. The minimum atomic E-state index is -0.399. The Bertz CT molecular complexity index is 924. The minimum absolute atomic E-state index is 0.0684. The second-order valence-corrected chi connectivity index (χ2v) is 7.54. The van der Waals surface area contributed by atoms with E-state index in [0.717, 1.165) is 11.1 Å². The van der Waals surface area contributed by atoms with Gasteiger partial charge in [0.1, 0.15) is 17.7 Å². The van der Waals surface area contributed by atoms with Gasteiger partial charge in [0.2, 0.25) is 5.91 Å². The van der Waals surface area contributed by atoms with E-state index in [9.17, 15) is 14.0 Å². The molecule has 1 aliphatic rings. The minimum Gasteiger partial charge on any atom is -0.487 e. The van der Waals surface area contributed by atoms with Crippen LogP contribution in [0.4, 0.5) is 4.39 Å². The van der Waals surface area contributed by atoms with Crippen LogP contribution in [0.2, 0.25) is 0 Å². The summed E-state index contributed by atoms with van der Waals surface area (Å²) >= 11 is 0. The number of Topliss-reactive ketones (excluding diaryl/α,β-unsaturated/α-hetero) is 1. The van der Waals surface area contributed by atoms with Crippen molar-refractivity contribution >= 4 is 11.7 Å². The largest absolute Gasteiger partial charge is 0.487 e. The Kier molecular flexibility index (Phi) is 5.79. The number of hydrogen-bond acceptors (Lipinski definition) is 4. The molecule has 1 N–H and O–H groups in total. The molecule has 1 heterocycles. The van der Waals surface area contributed by atoms with Gasteiger partial charge in [0.15, 0.2) is 5.78 Å². The van der Waals surface area contributed by atoms with Crippen molar-refractivity contribution in [2.24, 2.45) is 0 Å².